The number of amides is 1. The van der Waals surface area contributed by atoms with Gasteiger partial charge in [-0.25, -0.2) is 4.39 Å². The van der Waals surface area contributed by atoms with E-state index in [9.17, 15) is 14.3 Å². The highest BCUT2D eigenvalue weighted by Gasteiger charge is 2.21. The minimum absolute atomic E-state index is 0.00378. The van der Waals surface area contributed by atoms with Gasteiger partial charge in [0.25, 0.3) is 5.91 Å². The van der Waals surface area contributed by atoms with E-state index in [1.165, 1.54) is 12.1 Å². The summed E-state index contributed by atoms with van der Waals surface area (Å²) in [6, 6.07) is 13.1. The van der Waals surface area contributed by atoms with Crippen molar-refractivity contribution in [1.29, 1.82) is 0 Å². The molecule has 128 valence electrons. The molecule has 3 N–H and O–H groups in total. The van der Waals surface area contributed by atoms with Gasteiger partial charge in [0.05, 0.1) is 5.60 Å². The fourth-order valence-electron chi connectivity index (χ4n) is 2.40. The van der Waals surface area contributed by atoms with Crippen LogP contribution in [0.1, 0.15) is 30.1 Å². The van der Waals surface area contributed by atoms with Crippen molar-refractivity contribution in [3.05, 3.63) is 59.9 Å². The number of aliphatic hydroxyl groups is 2. The number of hydrogen-bond donors (Lipinski definition) is 3. The predicted molar refractivity (Wildman–Crippen MR) is 91.1 cm³/mol. The van der Waals surface area contributed by atoms with Crippen LogP contribution in [0.15, 0.2) is 48.5 Å². The molecule has 0 bridgehead atoms. The van der Waals surface area contributed by atoms with Crippen LogP contribution in [-0.2, 0) is 0 Å². The van der Waals surface area contributed by atoms with Crippen LogP contribution in [-0.4, -0.2) is 34.9 Å². The van der Waals surface area contributed by atoms with E-state index < -0.39 is 5.60 Å². The lowest BCUT2D eigenvalue weighted by Crippen LogP contribution is -2.40. The van der Waals surface area contributed by atoms with Crippen molar-refractivity contribution in [1.82, 2.24) is 5.32 Å². The lowest BCUT2D eigenvalue weighted by Gasteiger charge is -2.23. The zero-order valence-corrected chi connectivity index (χ0v) is 13.6. The summed E-state index contributed by atoms with van der Waals surface area (Å²) in [5.74, 6) is -0.596. The Morgan fingerprint density at radius 3 is 2.54 bits per heavy atom. The molecular formula is C19H22FNO3. The molecule has 0 saturated carbocycles. The molecule has 2 rings (SSSR count). The van der Waals surface area contributed by atoms with Crippen molar-refractivity contribution in [2.24, 2.45) is 0 Å². The molecule has 0 fully saturated rings. The SMILES string of the molecule is C[C@@](O)(CCCO)CNC(=O)c1cccc(-c2ccc(F)cc2)c1. The molecule has 1 amide bonds. The number of aliphatic hydroxyl groups excluding tert-OH is 1. The Balaban J connectivity index is 2.05. The number of halogens is 1. The predicted octanol–water partition coefficient (Wildman–Crippen LogP) is 2.75. The number of nitrogens with one attached hydrogen (secondary N) is 1. The number of hydrogen-bond acceptors (Lipinski definition) is 3. The highest BCUT2D eigenvalue weighted by atomic mass is 19.1. The summed E-state index contributed by atoms with van der Waals surface area (Å²) in [5.41, 5.74) is 1.04. The van der Waals surface area contributed by atoms with Crippen molar-refractivity contribution >= 4 is 5.91 Å². The van der Waals surface area contributed by atoms with E-state index in [4.69, 9.17) is 5.11 Å². The van der Waals surface area contributed by atoms with Crippen LogP contribution >= 0.6 is 0 Å². The summed E-state index contributed by atoms with van der Waals surface area (Å²) in [4.78, 5) is 12.3. The van der Waals surface area contributed by atoms with E-state index in [1.54, 1.807) is 37.3 Å². The maximum atomic E-state index is 13.0. The number of carbonyl (C=O) groups excluding carboxylic acids is 1. The van der Waals surface area contributed by atoms with Gasteiger partial charge >= 0.3 is 0 Å². The maximum absolute atomic E-state index is 13.0. The van der Waals surface area contributed by atoms with Crippen LogP contribution in [0.5, 0.6) is 0 Å². The van der Waals surface area contributed by atoms with E-state index in [2.05, 4.69) is 5.32 Å². The van der Waals surface area contributed by atoms with Gasteiger partial charge in [-0.15, -0.1) is 0 Å². The summed E-state index contributed by atoms with van der Waals surface area (Å²) >= 11 is 0. The monoisotopic (exact) mass is 331 g/mol. The van der Waals surface area contributed by atoms with Crippen molar-refractivity contribution in [2.45, 2.75) is 25.4 Å². The van der Waals surface area contributed by atoms with Gasteiger partial charge in [-0.3, -0.25) is 4.79 Å². The van der Waals surface area contributed by atoms with Crippen molar-refractivity contribution in [3.8, 4) is 11.1 Å². The average Bonchev–Trinajstić information content (AvgIpc) is 2.59. The lowest BCUT2D eigenvalue weighted by molar-refractivity contribution is 0.0415. The molecule has 0 spiro atoms. The largest absolute Gasteiger partial charge is 0.396 e. The van der Waals surface area contributed by atoms with Crippen LogP contribution in [0, 0.1) is 5.82 Å². The number of benzene rings is 2. The van der Waals surface area contributed by atoms with E-state index >= 15 is 0 Å². The van der Waals surface area contributed by atoms with Gasteiger partial charge in [0.2, 0.25) is 0 Å². The average molecular weight is 331 g/mol. The Kier molecular flexibility index (Phi) is 6.06. The van der Waals surface area contributed by atoms with Crippen LogP contribution in [0.2, 0.25) is 0 Å². The lowest BCUT2D eigenvalue weighted by atomic mass is 10.00. The van der Waals surface area contributed by atoms with Gasteiger partial charge in [0, 0.05) is 18.7 Å². The molecule has 2 aromatic rings. The first-order valence-electron chi connectivity index (χ1n) is 7.89. The Labute approximate surface area is 141 Å². The van der Waals surface area contributed by atoms with Crippen LogP contribution in [0.25, 0.3) is 11.1 Å². The van der Waals surface area contributed by atoms with Gasteiger partial charge in [-0.1, -0.05) is 24.3 Å². The molecule has 24 heavy (non-hydrogen) atoms. The summed E-state index contributed by atoms with van der Waals surface area (Å²) in [5, 5.41) is 21.7. The Morgan fingerprint density at radius 2 is 1.88 bits per heavy atom. The van der Waals surface area contributed by atoms with Gasteiger partial charge in [-0.2, -0.15) is 0 Å². The fraction of sp³-hybridized carbons (Fsp3) is 0.316. The summed E-state index contributed by atoms with van der Waals surface area (Å²) in [6.45, 7) is 1.73. The van der Waals surface area contributed by atoms with Gasteiger partial charge in [0.1, 0.15) is 5.82 Å². The van der Waals surface area contributed by atoms with E-state index in [1.807, 2.05) is 6.07 Å². The molecule has 0 saturated heterocycles. The molecular weight excluding hydrogens is 309 g/mol. The topological polar surface area (TPSA) is 69.6 Å². The molecule has 1 atom stereocenters. The van der Waals surface area contributed by atoms with Gasteiger partial charge in [0.15, 0.2) is 0 Å². The van der Waals surface area contributed by atoms with E-state index in [0.29, 0.717) is 18.4 Å². The second kappa shape index (κ2) is 8.04. The maximum Gasteiger partial charge on any atom is 0.251 e. The summed E-state index contributed by atoms with van der Waals surface area (Å²) < 4.78 is 13.0. The highest BCUT2D eigenvalue weighted by Crippen LogP contribution is 2.21. The van der Waals surface area contributed by atoms with Crippen molar-refractivity contribution < 1.29 is 19.4 Å². The molecule has 0 aliphatic rings. The molecule has 0 aromatic heterocycles. The normalized spacial score (nSPS) is 13.3. The van der Waals surface area contributed by atoms with Crippen LogP contribution in [0.4, 0.5) is 4.39 Å². The third kappa shape index (κ3) is 5.15. The quantitative estimate of drug-likeness (QED) is 0.731. The van der Waals surface area contributed by atoms with Crippen molar-refractivity contribution in [3.63, 3.8) is 0 Å². The second-order valence-electron chi connectivity index (χ2n) is 6.09. The van der Waals surface area contributed by atoms with Crippen LogP contribution in [0.3, 0.4) is 0 Å². The molecule has 4 nitrogen and oxygen atoms in total. The molecule has 0 radical (unpaired) electrons. The van der Waals surface area contributed by atoms with Crippen LogP contribution < -0.4 is 5.32 Å². The zero-order chi connectivity index (χ0) is 17.6. The highest BCUT2D eigenvalue weighted by molar-refractivity contribution is 5.95. The van der Waals surface area contributed by atoms with Gasteiger partial charge < -0.3 is 15.5 Å². The fourth-order valence-corrected chi connectivity index (χ4v) is 2.40. The number of rotatable bonds is 7. The van der Waals surface area contributed by atoms with E-state index in [0.717, 1.165) is 11.1 Å². The summed E-state index contributed by atoms with van der Waals surface area (Å²) in [7, 11) is 0. The van der Waals surface area contributed by atoms with Gasteiger partial charge in [-0.05, 0) is 55.2 Å². The third-order valence-electron chi connectivity index (χ3n) is 3.81. The molecule has 5 heteroatoms. The first-order valence-corrected chi connectivity index (χ1v) is 7.89. The Bertz CT molecular complexity index is 683. The minimum atomic E-state index is -1.06. The zero-order valence-electron chi connectivity index (χ0n) is 13.6. The molecule has 0 unspecified atom stereocenters. The second-order valence-corrected chi connectivity index (χ2v) is 6.09. The van der Waals surface area contributed by atoms with E-state index in [-0.39, 0.29) is 24.9 Å². The molecule has 0 aliphatic heterocycles. The summed E-state index contributed by atoms with van der Waals surface area (Å²) in [6.07, 6.45) is 0.877. The van der Waals surface area contributed by atoms with Crippen molar-refractivity contribution in [2.75, 3.05) is 13.2 Å². The first-order chi connectivity index (χ1) is 11.4. The molecule has 0 heterocycles. The molecule has 2 aromatic carbocycles. The Hall–Kier alpha value is -2.24. The standard InChI is InChI=1S/C19H22FNO3/c1-19(24,10-3-11-22)13-21-18(23)16-5-2-4-15(12-16)14-6-8-17(20)9-7-14/h2,4-9,12,22,24H,3,10-11,13H2,1H3,(H,21,23)/t19-/m1/s1. The minimum Gasteiger partial charge on any atom is -0.396 e. The smallest absolute Gasteiger partial charge is 0.251 e. The third-order valence-corrected chi connectivity index (χ3v) is 3.81. The Morgan fingerprint density at radius 1 is 1.17 bits per heavy atom. The molecule has 0 aliphatic carbocycles. The number of carbonyl (C=O) groups is 1. The first kappa shape index (κ1) is 18.1.